The van der Waals surface area contributed by atoms with E-state index in [-0.39, 0.29) is 11.2 Å². The SMILES string of the molecule is CCn1c(=O)c2c(nc3n2CCN3c2ccc(Oc3ccccc3)cc2)n(C)c1=O. The Morgan fingerprint density at radius 3 is 2.37 bits per heavy atom. The first-order valence-electron chi connectivity index (χ1n) is 9.89. The summed E-state index contributed by atoms with van der Waals surface area (Å²) in [5, 5.41) is 0. The van der Waals surface area contributed by atoms with Gasteiger partial charge in [0.2, 0.25) is 5.95 Å². The van der Waals surface area contributed by atoms with Gasteiger partial charge in [-0.3, -0.25) is 13.9 Å². The van der Waals surface area contributed by atoms with Crippen LogP contribution in [-0.4, -0.2) is 25.2 Å². The molecule has 8 nitrogen and oxygen atoms in total. The number of ether oxygens (including phenoxy) is 1. The molecule has 1 aliphatic heterocycles. The molecule has 2 aromatic carbocycles. The normalized spacial score (nSPS) is 13.1. The second-order valence-electron chi connectivity index (χ2n) is 7.19. The van der Waals surface area contributed by atoms with Crippen LogP contribution in [0.25, 0.3) is 11.2 Å². The molecule has 3 heterocycles. The summed E-state index contributed by atoms with van der Waals surface area (Å²) in [4.78, 5) is 32.0. The van der Waals surface area contributed by atoms with E-state index in [1.165, 1.54) is 9.13 Å². The van der Waals surface area contributed by atoms with Crippen LogP contribution in [0.5, 0.6) is 11.5 Å². The third-order valence-electron chi connectivity index (χ3n) is 5.44. The first-order valence-corrected chi connectivity index (χ1v) is 9.89. The van der Waals surface area contributed by atoms with Crippen molar-refractivity contribution in [3.63, 3.8) is 0 Å². The summed E-state index contributed by atoms with van der Waals surface area (Å²) in [6.07, 6.45) is 0. The van der Waals surface area contributed by atoms with E-state index in [4.69, 9.17) is 4.74 Å². The Morgan fingerprint density at radius 1 is 0.967 bits per heavy atom. The van der Waals surface area contributed by atoms with E-state index in [1.807, 2.05) is 64.1 Å². The van der Waals surface area contributed by atoms with Crippen molar-refractivity contribution in [3.8, 4) is 11.5 Å². The summed E-state index contributed by atoms with van der Waals surface area (Å²) in [7, 11) is 1.65. The smallest absolute Gasteiger partial charge is 0.332 e. The Hall–Kier alpha value is -3.81. The number of imidazole rings is 1. The van der Waals surface area contributed by atoms with Gasteiger partial charge < -0.3 is 14.2 Å². The van der Waals surface area contributed by atoms with Gasteiger partial charge in [-0.05, 0) is 43.3 Å². The van der Waals surface area contributed by atoms with Gasteiger partial charge in [-0.25, -0.2) is 4.79 Å². The third-order valence-corrected chi connectivity index (χ3v) is 5.44. The highest BCUT2D eigenvalue weighted by atomic mass is 16.5. The largest absolute Gasteiger partial charge is 0.457 e. The molecule has 0 atom stereocenters. The zero-order chi connectivity index (χ0) is 20.8. The molecule has 152 valence electrons. The van der Waals surface area contributed by atoms with Crippen LogP contribution in [-0.2, 0) is 20.1 Å². The summed E-state index contributed by atoms with van der Waals surface area (Å²) >= 11 is 0. The molecular weight excluding hydrogens is 382 g/mol. The van der Waals surface area contributed by atoms with Gasteiger partial charge in [-0.2, -0.15) is 4.98 Å². The fourth-order valence-electron chi connectivity index (χ4n) is 3.92. The number of aromatic nitrogens is 4. The van der Waals surface area contributed by atoms with E-state index in [1.54, 1.807) is 14.0 Å². The molecule has 4 aromatic rings. The van der Waals surface area contributed by atoms with Crippen molar-refractivity contribution >= 4 is 22.8 Å². The van der Waals surface area contributed by atoms with Crippen LogP contribution in [0.15, 0.2) is 64.2 Å². The van der Waals surface area contributed by atoms with E-state index in [0.29, 0.717) is 36.7 Å². The number of anilines is 2. The molecule has 0 amide bonds. The van der Waals surface area contributed by atoms with Crippen molar-refractivity contribution < 1.29 is 4.74 Å². The number of aryl methyl sites for hydroxylation is 1. The van der Waals surface area contributed by atoms with E-state index >= 15 is 0 Å². The van der Waals surface area contributed by atoms with Gasteiger partial charge in [0.05, 0.1) is 0 Å². The molecule has 1 aliphatic rings. The fourth-order valence-corrected chi connectivity index (χ4v) is 3.92. The molecule has 2 aromatic heterocycles. The molecule has 0 radical (unpaired) electrons. The Kier molecular flexibility index (Phi) is 4.20. The molecule has 0 saturated carbocycles. The lowest BCUT2D eigenvalue weighted by Crippen LogP contribution is -2.39. The number of fused-ring (bicyclic) bond motifs is 3. The lowest BCUT2D eigenvalue weighted by atomic mass is 10.2. The summed E-state index contributed by atoms with van der Waals surface area (Å²) in [5.41, 5.74) is 1.20. The van der Waals surface area contributed by atoms with Crippen LogP contribution in [0, 0.1) is 0 Å². The van der Waals surface area contributed by atoms with Gasteiger partial charge in [0.1, 0.15) is 11.5 Å². The quantitative estimate of drug-likeness (QED) is 0.524. The number of hydrogen-bond acceptors (Lipinski definition) is 5. The fraction of sp³-hybridized carbons (Fsp3) is 0.227. The molecule has 8 heteroatoms. The highest BCUT2D eigenvalue weighted by Gasteiger charge is 2.28. The van der Waals surface area contributed by atoms with Crippen LogP contribution in [0.4, 0.5) is 11.6 Å². The molecule has 0 bridgehead atoms. The van der Waals surface area contributed by atoms with Gasteiger partial charge in [-0.15, -0.1) is 0 Å². The number of para-hydroxylation sites is 1. The molecule has 30 heavy (non-hydrogen) atoms. The minimum atomic E-state index is -0.347. The van der Waals surface area contributed by atoms with Crippen molar-refractivity contribution in [1.82, 2.24) is 18.7 Å². The van der Waals surface area contributed by atoms with E-state index < -0.39 is 0 Å². The van der Waals surface area contributed by atoms with E-state index in [9.17, 15) is 9.59 Å². The molecule has 0 N–H and O–H groups in total. The minimum Gasteiger partial charge on any atom is -0.457 e. The van der Waals surface area contributed by atoms with Crippen LogP contribution < -0.4 is 20.9 Å². The van der Waals surface area contributed by atoms with E-state index in [2.05, 4.69) is 4.98 Å². The van der Waals surface area contributed by atoms with Crippen molar-refractivity contribution in [2.24, 2.45) is 7.05 Å². The van der Waals surface area contributed by atoms with E-state index in [0.717, 1.165) is 17.2 Å². The van der Waals surface area contributed by atoms with Gasteiger partial charge in [-0.1, -0.05) is 18.2 Å². The lowest BCUT2D eigenvalue weighted by Gasteiger charge is -2.16. The maximum absolute atomic E-state index is 12.9. The Bertz CT molecular complexity index is 1350. The second-order valence-corrected chi connectivity index (χ2v) is 7.19. The molecule has 0 aliphatic carbocycles. The van der Waals surface area contributed by atoms with Crippen LogP contribution in [0.3, 0.4) is 0 Å². The number of nitrogens with zero attached hydrogens (tertiary/aromatic N) is 5. The zero-order valence-corrected chi connectivity index (χ0v) is 16.8. The van der Waals surface area contributed by atoms with Crippen molar-refractivity contribution in [3.05, 3.63) is 75.4 Å². The summed E-state index contributed by atoms with van der Waals surface area (Å²) in [6.45, 7) is 3.45. The predicted molar refractivity (Wildman–Crippen MR) is 115 cm³/mol. The van der Waals surface area contributed by atoms with Gasteiger partial charge in [0.25, 0.3) is 5.56 Å². The zero-order valence-electron chi connectivity index (χ0n) is 16.8. The van der Waals surface area contributed by atoms with Crippen molar-refractivity contribution in [1.29, 1.82) is 0 Å². The highest BCUT2D eigenvalue weighted by molar-refractivity contribution is 5.77. The Balaban J connectivity index is 1.53. The average molecular weight is 403 g/mol. The first-order chi connectivity index (χ1) is 14.6. The summed E-state index contributed by atoms with van der Waals surface area (Å²) < 4.78 is 10.5. The summed E-state index contributed by atoms with van der Waals surface area (Å²) in [6, 6.07) is 17.4. The van der Waals surface area contributed by atoms with Crippen LogP contribution in [0.2, 0.25) is 0 Å². The lowest BCUT2D eigenvalue weighted by molar-refractivity contribution is 0.482. The van der Waals surface area contributed by atoms with Crippen molar-refractivity contribution in [2.75, 3.05) is 11.4 Å². The second kappa shape index (κ2) is 6.91. The maximum atomic E-state index is 12.9. The molecule has 0 unspecified atom stereocenters. The first kappa shape index (κ1) is 18.2. The highest BCUT2D eigenvalue weighted by Crippen LogP contribution is 2.33. The van der Waals surface area contributed by atoms with Crippen molar-refractivity contribution in [2.45, 2.75) is 20.0 Å². The Labute approximate surface area is 172 Å². The predicted octanol–water partition coefficient (Wildman–Crippen LogP) is 2.86. The molecule has 0 spiro atoms. The summed E-state index contributed by atoms with van der Waals surface area (Å²) in [5.74, 6) is 2.19. The van der Waals surface area contributed by atoms with Gasteiger partial charge in [0.15, 0.2) is 11.2 Å². The number of rotatable bonds is 4. The Morgan fingerprint density at radius 2 is 1.67 bits per heavy atom. The topological polar surface area (TPSA) is 74.3 Å². The average Bonchev–Trinajstić information content (AvgIpc) is 3.33. The number of hydrogen-bond donors (Lipinski definition) is 0. The molecule has 0 fully saturated rings. The van der Waals surface area contributed by atoms with Crippen LogP contribution >= 0.6 is 0 Å². The molecule has 5 rings (SSSR count). The minimum absolute atomic E-state index is 0.289. The maximum Gasteiger partial charge on any atom is 0.332 e. The molecule has 0 saturated heterocycles. The van der Waals surface area contributed by atoms with Gasteiger partial charge >= 0.3 is 5.69 Å². The number of benzene rings is 2. The van der Waals surface area contributed by atoms with Gasteiger partial charge in [0, 0.05) is 32.4 Å². The monoisotopic (exact) mass is 403 g/mol. The molecular formula is C22H21N5O3. The third kappa shape index (κ3) is 2.72. The van der Waals surface area contributed by atoms with Crippen LogP contribution in [0.1, 0.15) is 6.92 Å². The standard InChI is InChI=1S/C22H21N5O3/c1-3-25-20(28)18-19(24(2)22(25)29)23-21-26(13-14-27(18)21)15-9-11-17(12-10-15)30-16-7-5-4-6-8-16/h4-12H,3,13-14H2,1-2H3.